The number of aromatic nitrogens is 2. The van der Waals surface area contributed by atoms with E-state index in [2.05, 4.69) is 4.98 Å². The molecule has 0 aliphatic carbocycles. The van der Waals surface area contributed by atoms with Crippen LogP contribution in [0.2, 0.25) is 0 Å². The average molecular weight is 235 g/mol. The summed E-state index contributed by atoms with van der Waals surface area (Å²) < 4.78 is 6.67. The molecule has 2 rings (SSSR count). The number of aromatic amines is 1. The van der Waals surface area contributed by atoms with E-state index in [4.69, 9.17) is 10.00 Å². The molecular formula is C11H13N3O3. The Hall–Kier alpha value is -1.87. The number of hydrogen-bond acceptors (Lipinski definition) is 4. The van der Waals surface area contributed by atoms with Crippen molar-refractivity contribution < 1.29 is 4.74 Å². The molecule has 0 bridgehead atoms. The third kappa shape index (κ3) is 2.15. The van der Waals surface area contributed by atoms with Crippen molar-refractivity contribution in [2.75, 3.05) is 13.2 Å². The van der Waals surface area contributed by atoms with Crippen LogP contribution in [0.25, 0.3) is 0 Å². The molecule has 1 aromatic rings. The Morgan fingerprint density at radius 3 is 3.00 bits per heavy atom. The van der Waals surface area contributed by atoms with Crippen molar-refractivity contribution in [3.8, 4) is 6.07 Å². The molecule has 0 aromatic carbocycles. The van der Waals surface area contributed by atoms with Gasteiger partial charge in [0, 0.05) is 24.8 Å². The summed E-state index contributed by atoms with van der Waals surface area (Å²) in [5.41, 5.74) is -1.16. The molecule has 1 aliphatic heterocycles. The van der Waals surface area contributed by atoms with Crippen molar-refractivity contribution in [1.29, 1.82) is 5.26 Å². The first-order chi connectivity index (χ1) is 8.13. The van der Waals surface area contributed by atoms with Gasteiger partial charge in [0.2, 0.25) is 0 Å². The number of nitrogens with one attached hydrogen (secondary N) is 1. The van der Waals surface area contributed by atoms with Gasteiger partial charge in [0.1, 0.15) is 11.6 Å². The fourth-order valence-corrected chi connectivity index (χ4v) is 2.03. The molecule has 0 spiro atoms. The Bertz CT molecular complexity index is 561. The first kappa shape index (κ1) is 11.6. The molecule has 0 saturated carbocycles. The average Bonchev–Trinajstić information content (AvgIpc) is 2.82. The summed E-state index contributed by atoms with van der Waals surface area (Å²) >= 11 is 0. The Morgan fingerprint density at radius 2 is 2.41 bits per heavy atom. The molecule has 2 atom stereocenters. The van der Waals surface area contributed by atoms with E-state index in [0.717, 1.165) is 6.42 Å². The third-order valence-corrected chi connectivity index (χ3v) is 3.17. The molecule has 6 heteroatoms. The lowest BCUT2D eigenvalue weighted by Crippen LogP contribution is -2.35. The van der Waals surface area contributed by atoms with Gasteiger partial charge in [-0.1, -0.05) is 0 Å². The number of nitrogens with zero attached hydrogens (tertiary/aromatic N) is 2. The van der Waals surface area contributed by atoms with E-state index in [0.29, 0.717) is 13.2 Å². The van der Waals surface area contributed by atoms with Crippen LogP contribution in [-0.2, 0) is 4.74 Å². The fourth-order valence-electron chi connectivity index (χ4n) is 2.03. The van der Waals surface area contributed by atoms with Gasteiger partial charge in [-0.05, 0) is 13.3 Å². The maximum atomic E-state index is 11.7. The zero-order valence-electron chi connectivity index (χ0n) is 9.47. The van der Waals surface area contributed by atoms with Gasteiger partial charge in [0.05, 0.1) is 6.61 Å². The van der Waals surface area contributed by atoms with Gasteiger partial charge in [-0.2, -0.15) is 5.26 Å². The zero-order valence-corrected chi connectivity index (χ0v) is 9.47. The molecule has 1 aromatic heterocycles. The second-order valence-corrected chi connectivity index (χ2v) is 4.19. The van der Waals surface area contributed by atoms with Gasteiger partial charge in [-0.15, -0.1) is 0 Å². The maximum Gasteiger partial charge on any atom is 0.328 e. The van der Waals surface area contributed by atoms with Gasteiger partial charge in [0.15, 0.2) is 0 Å². The summed E-state index contributed by atoms with van der Waals surface area (Å²) in [6.07, 6.45) is 2.21. The van der Waals surface area contributed by atoms with Gasteiger partial charge < -0.3 is 4.74 Å². The minimum absolute atomic E-state index is 0.0460. The zero-order chi connectivity index (χ0) is 12.4. The largest absolute Gasteiger partial charge is 0.381 e. The van der Waals surface area contributed by atoms with Crippen LogP contribution < -0.4 is 11.2 Å². The summed E-state index contributed by atoms with van der Waals surface area (Å²) in [5.74, 6) is 0.241. The standard InChI is InChI=1S/C11H13N3O3/c1-7(8-2-3-17-6-8)14-5-9(4-12)10(15)13-11(14)16/h5,7-8H,2-3,6H2,1H3,(H,13,15,16). The van der Waals surface area contributed by atoms with E-state index < -0.39 is 11.2 Å². The van der Waals surface area contributed by atoms with Crippen LogP contribution in [0.4, 0.5) is 0 Å². The number of nitriles is 1. The van der Waals surface area contributed by atoms with Gasteiger partial charge in [0.25, 0.3) is 5.56 Å². The number of ether oxygens (including phenoxy) is 1. The number of H-pyrrole nitrogens is 1. The maximum absolute atomic E-state index is 11.7. The van der Waals surface area contributed by atoms with Crippen molar-refractivity contribution in [3.63, 3.8) is 0 Å². The Labute approximate surface area is 97.5 Å². The van der Waals surface area contributed by atoms with Crippen molar-refractivity contribution in [2.24, 2.45) is 5.92 Å². The molecular weight excluding hydrogens is 222 g/mol. The summed E-state index contributed by atoms with van der Waals surface area (Å²) in [7, 11) is 0. The first-order valence-corrected chi connectivity index (χ1v) is 5.47. The van der Waals surface area contributed by atoms with Crippen LogP contribution in [-0.4, -0.2) is 22.8 Å². The monoisotopic (exact) mass is 235 g/mol. The molecule has 2 heterocycles. The molecule has 2 unspecified atom stereocenters. The molecule has 1 saturated heterocycles. The normalized spacial score (nSPS) is 21.1. The molecule has 17 heavy (non-hydrogen) atoms. The van der Waals surface area contributed by atoms with E-state index in [1.54, 1.807) is 6.07 Å². The van der Waals surface area contributed by atoms with E-state index in [1.807, 2.05) is 6.92 Å². The molecule has 1 N–H and O–H groups in total. The summed E-state index contributed by atoms with van der Waals surface area (Å²) in [5, 5.41) is 8.77. The smallest absolute Gasteiger partial charge is 0.328 e. The second kappa shape index (κ2) is 4.55. The van der Waals surface area contributed by atoms with Crippen molar-refractivity contribution in [2.45, 2.75) is 19.4 Å². The van der Waals surface area contributed by atoms with Crippen molar-refractivity contribution >= 4 is 0 Å². The van der Waals surface area contributed by atoms with Crippen LogP contribution >= 0.6 is 0 Å². The van der Waals surface area contributed by atoms with Crippen LogP contribution in [0, 0.1) is 17.2 Å². The minimum atomic E-state index is -0.636. The van der Waals surface area contributed by atoms with Gasteiger partial charge >= 0.3 is 5.69 Å². The van der Waals surface area contributed by atoms with Gasteiger partial charge in [-0.25, -0.2) is 4.79 Å². The Balaban J connectivity index is 2.41. The van der Waals surface area contributed by atoms with E-state index in [1.165, 1.54) is 10.8 Å². The second-order valence-electron chi connectivity index (χ2n) is 4.19. The SMILES string of the molecule is CC(C1CCOC1)n1cc(C#N)c(=O)[nH]c1=O. The van der Waals surface area contributed by atoms with E-state index >= 15 is 0 Å². The number of hydrogen-bond donors (Lipinski definition) is 1. The summed E-state index contributed by atoms with van der Waals surface area (Å²) in [6, 6.07) is 1.68. The third-order valence-electron chi connectivity index (χ3n) is 3.17. The highest BCUT2D eigenvalue weighted by Gasteiger charge is 2.24. The van der Waals surface area contributed by atoms with Crippen LogP contribution in [0.5, 0.6) is 0 Å². The van der Waals surface area contributed by atoms with Crippen molar-refractivity contribution in [3.05, 3.63) is 32.6 Å². The topological polar surface area (TPSA) is 87.9 Å². The van der Waals surface area contributed by atoms with Crippen LogP contribution in [0.3, 0.4) is 0 Å². The highest BCUT2D eigenvalue weighted by molar-refractivity contribution is 5.21. The first-order valence-electron chi connectivity index (χ1n) is 5.47. The summed E-state index contributed by atoms with van der Waals surface area (Å²) in [6.45, 7) is 3.19. The predicted molar refractivity (Wildman–Crippen MR) is 59.7 cm³/mol. The highest BCUT2D eigenvalue weighted by Crippen LogP contribution is 2.24. The molecule has 1 aliphatic rings. The Morgan fingerprint density at radius 1 is 1.65 bits per heavy atom. The molecule has 0 radical (unpaired) electrons. The lowest BCUT2D eigenvalue weighted by molar-refractivity contribution is 0.174. The Kier molecular flexibility index (Phi) is 3.11. The summed E-state index contributed by atoms with van der Waals surface area (Å²) in [4.78, 5) is 25.1. The lowest BCUT2D eigenvalue weighted by Gasteiger charge is -2.19. The van der Waals surface area contributed by atoms with Gasteiger partial charge in [-0.3, -0.25) is 14.3 Å². The number of rotatable bonds is 2. The van der Waals surface area contributed by atoms with Crippen LogP contribution in [0.1, 0.15) is 24.9 Å². The lowest BCUT2D eigenvalue weighted by atomic mass is 10.0. The fraction of sp³-hybridized carbons (Fsp3) is 0.545. The minimum Gasteiger partial charge on any atom is -0.381 e. The van der Waals surface area contributed by atoms with Crippen LogP contribution in [0.15, 0.2) is 15.8 Å². The quantitative estimate of drug-likeness (QED) is 0.781. The highest BCUT2D eigenvalue weighted by atomic mass is 16.5. The van der Waals surface area contributed by atoms with E-state index in [-0.39, 0.29) is 17.5 Å². The molecule has 6 nitrogen and oxygen atoms in total. The molecule has 90 valence electrons. The van der Waals surface area contributed by atoms with Crippen molar-refractivity contribution in [1.82, 2.24) is 9.55 Å². The molecule has 1 fully saturated rings. The predicted octanol–water partition coefficient (Wildman–Crippen LogP) is 0.00578. The molecule has 0 amide bonds. The van der Waals surface area contributed by atoms with E-state index in [9.17, 15) is 9.59 Å².